The molecule has 0 amide bonds. The van der Waals surface area contributed by atoms with E-state index in [0.717, 1.165) is 17.7 Å². The lowest BCUT2D eigenvalue weighted by molar-refractivity contribution is -0.196. The van der Waals surface area contributed by atoms with E-state index in [1.54, 1.807) is 6.92 Å². The van der Waals surface area contributed by atoms with Crippen molar-refractivity contribution in [3.63, 3.8) is 0 Å². The quantitative estimate of drug-likeness (QED) is 0.486. The number of rotatable bonds is 5. The van der Waals surface area contributed by atoms with Gasteiger partial charge in [-0.05, 0) is 36.8 Å². The first kappa shape index (κ1) is 18.2. The number of halogens is 3. The Balaban J connectivity index is 2.35. The molecule has 3 N–H and O–H groups in total. The summed E-state index contributed by atoms with van der Waals surface area (Å²) in [6, 6.07) is 10.1. The summed E-state index contributed by atoms with van der Waals surface area (Å²) in [6.45, 7) is 1.71. The molecule has 2 aromatic carbocycles. The largest absolute Gasteiger partial charge is 0.420 e. The summed E-state index contributed by atoms with van der Waals surface area (Å²) in [4.78, 5) is -0.400. The SMILES string of the molecule is Cc1ccc(C(OS(=O)(=O)c2ccc(NN)cc2)C(F)(F)F)cc1. The lowest BCUT2D eigenvalue weighted by atomic mass is 10.1. The third kappa shape index (κ3) is 4.25. The Bertz CT molecular complexity index is 788. The number of hydrazine groups is 1. The first-order chi connectivity index (χ1) is 11.1. The van der Waals surface area contributed by atoms with Gasteiger partial charge >= 0.3 is 6.18 Å². The number of nitrogens with two attached hydrogens (primary N) is 1. The fraction of sp³-hybridized carbons (Fsp3) is 0.200. The average Bonchev–Trinajstić information content (AvgIpc) is 2.53. The van der Waals surface area contributed by atoms with Gasteiger partial charge in [-0.2, -0.15) is 21.6 Å². The second-order valence-electron chi connectivity index (χ2n) is 5.05. The van der Waals surface area contributed by atoms with E-state index in [1.807, 2.05) is 0 Å². The summed E-state index contributed by atoms with van der Waals surface area (Å²) in [6.07, 6.45) is -7.48. The third-order valence-electron chi connectivity index (χ3n) is 3.21. The molecule has 0 spiro atoms. The van der Waals surface area contributed by atoms with Crippen LogP contribution in [0.4, 0.5) is 18.9 Å². The van der Waals surface area contributed by atoms with Gasteiger partial charge in [0.15, 0.2) is 6.10 Å². The summed E-state index contributed by atoms with van der Waals surface area (Å²) in [5.74, 6) is 5.16. The van der Waals surface area contributed by atoms with Crippen molar-refractivity contribution in [1.82, 2.24) is 0 Å². The van der Waals surface area contributed by atoms with Crippen LogP contribution in [0.1, 0.15) is 17.2 Å². The van der Waals surface area contributed by atoms with Crippen LogP contribution in [0.3, 0.4) is 0 Å². The van der Waals surface area contributed by atoms with E-state index in [1.165, 1.54) is 36.4 Å². The molecule has 5 nitrogen and oxygen atoms in total. The summed E-state index contributed by atoms with van der Waals surface area (Å²) in [7, 11) is -4.61. The van der Waals surface area contributed by atoms with Crippen LogP contribution in [0, 0.1) is 6.92 Å². The van der Waals surface area contributed by atoms with E-state index < -0.39 is 27.3 Å². The number of aryl methyl sites for hydroxylation is 1. The summed E-state index contributed by atoms with van der Waals surface area (Å²) >= 11 is 0. The fourth-order valence-corrected chi connectivity index (χ4v) is 2.99. The Morgan fingerprint density at radius 1 is 1.04 bits per heavy atom. The molecule has 0 saturated heterocycles. The number of nitrogen functional groups attached to an aromatic ring is 1. The van der Waals surface area contributed by atoms with E-state index in [4.69, 9.17) is 5.84 Å². The minimum absolute atomic E-state index is 0.295. The molecule has 0 fully saturated rings. The number of benzene rings is 2. The first-order valence-electron chi connectivity index (χ1n) is 6.77. The van der Waals surface area contributed by atoms with E-state index in [0.29, 0.717) is 5.69 Å². The highest BCUT2D eigenvalue weighted by atomic mass is 32.2. The smallest absolute Gasteiger partial charge is 0.324 e. The van der Waals surface area contributed by atoms with Crippen molar-refractivity contribution < 1.29 is 25.8 Å². The molecule has 1 unspecified atom stereocenters. The van der Waals surface area contributed by atoms with Gasteiger partial charge in [0.25, 0.3) is 10.1 Å². The summed E-state index contributed by atoms with van der Waals surface area (Å²) in [5.41, 5.74) is 3.14. The molecule has 0 radical (unpaired) electrons. The Morgan fingerprint density at radius 3 is 2.04 bits per heavy atom. The molecule has 2 rings (SSSR count). The van der Waals surface area contributed by atoms with Crippen molar-refractivity contribution in [2.75, 3.05) is 5.43 Å². The molecule has 1 atom stereocenters. The maximum absolute atomic E-state index is 13.3. The van der Waals surface area contributed by atoms with Gasteiger partial charge in [-0.15, -0.1) is 0 Å². The van der Waals surface area contributed by atoms with Crippen molar-refractivity contribution in [2.45, 2.75) is 24.1 Å². The molecule has 0 saturated carbocycles. The van der Waals surface area contributed by atoms with Gasteiger partial charge in [-0.25, -0.2) is 4.18 Å². The minimum Gasteiger partial charge on any atom is -0.324 e. The van der Waals surface area contributed by atoms with Crippen LogP contribution in [0.2, 0.25) is 0 Å². The second-order valence-corrected chi connectivity index (χ2v) is 6.62. The molecule has 0 aliphatic carbocycles. The van der Waals surface area contributed by atoms with Crippen molar-refractivity contribution in [2.24, 2.45) is 5.84 Å². The average molecular weight is 360 g/mol. The monoisotopic (exact) mass is 360 g/mol. The zero-order chi connectivity index (χ0) is 18.0. The molecule has 130 valence electrons. The highest BCUT2D eigenvalue weighted by Gasteiger charge is 2.45. The predicted octanol–water partition coefficient (Wildman–Crippen LogP) is 3.29. The first-order valence-corrected chi connectivity index (χ1v) is 8.17. The van der Waals surface area contributed by atoms with Gasteiger partial charge in [0, 0.05) is 5.69 Å². The third-order valence-corrected chi connectivity index (χ3v) is 4.51. The van der Waals surface area contributed by atoms with Crippen LogP contribution < -0.4 is 11.3 Å². The van der Waals surface area contributed by atoms with E-state index >= 15 is 0 Å². The molecule has 0 bridgehead atoms. The Hall–Kier alpha value is -2.10. The number of alkyl halides is 3. The molecule has 2 aromatic rings. The summed E-state index contributed by atoms with van der Waals surface area (Å²) in [5, 5.41) is 0. The van der Waals surface area contributed by atoms with Crippen LogP contribution in [0.5, 0.6) is 0 Å². The van der Waals surface area contributed by atoms with Gasteiger partial charge in [-0.1, -0.05) is 29.8 Å². The lowest BCUT2D eigenvalue weighted by Crippen LogP contribution is -2.26. The minimum atomic E-state index is -4.89. The van der Waals surface area contributed by atoms with Crippen molar-refractivity contribution >= 4 is 15.8 Å². The lowest BCUT2D eigenvalue weighted by Gasteiger charge is -2.21. The Morgan fingerprint density at radius 2 is 1.58 bits per heavy atom. The van der Waals surface area contributed by atoms with Gasteiger partial charge in [-0.3, -0.25) is 5.84 Å². The number of hydrogen-bond acceptors (Lipinski definition) is 5. The Kier molecular flexibility index (Phi) is 5.16. The van der Waals surface area contributed by atoms with Crippen molar-refractivity contribution in [3.05, 3.63) is 59.7 Å². The standard InChI is InChI=1S/C15H15F3N2O3S/c1-10-2-4-11(5-3-10)14(15(16,17)18)23-24(21,22)13-8-6-12(20-19)7-9-13/h2-9,14,20H,19H2,1H3. The summed E-state index contributed by atoms with van der Waals surface area (Å²) < 4.78 is 68.6. The number of anilines is 1. The van der Waals surface area contributed by atoms with Crippen LogP contribution in [0.15, 0.2) is 53.4 Å². The number of hydrogen-bond donors (Lipinski definition) is 2. The van der Waals surface area contributed by atoms with Gasteiger partial charge in [0.2, 0.25) is 0 Å². The Labute approximate surface area is 137 Å². The zero-order valence-corrected chi connectivity index (χ0v) is 13.4. The maximum atomic E-state index is 13.3. The van der Waals surface area contributed by atoms with Gasteiger partial charge in [0.1, 0.15) is 0 Å². The van der Waals surface area contributed by atoms with E-state index in [9.17, 15) is 21.6 Å². The van der Waals surface area contributed by atoms with Crippen LogP contribution in [-0.2, 0) is 14.3 Å². The highest BCUT2D eigenvalue weighted by molar-refractivity contribution is 7.86. The molecular formula is C15H15F3N2O3S. The molecule has 24 heavy (non-hydrogen) atoms. The normalized spacial score (nSPS) is 13.5. The van der Waals surface area contributed by atoms with Crippen LogP contribution >= 0.6 is 0 Å². The van der Waals surface area contributed by atoms with Gasteiger partial charge < -0.3 is 5.43 Å². The van der Waals surface area contributed by atoms with Crippen LogP contribution in [0.25, 0.3) is 0 Å². The van der Waals surface area contributed by atoms with Crippen molar-refractivity contribution in [1.29, 1.82) is 0 Å². The topological polar surface area (TPSA) is 81.4 Å². The second kappa shape index (κ2) is 6.80. The van der Waals surface area contributed by atoms with E-state index in [2.05, 4.69) is 9.61 Å². The fourth-order valence-electron chi connectivity index (χ4n) is 1.94. The van der Waals surface area contributed by atoms with Gasteiger partial charge in [0.05, 0.1) is 4.90 Å². The van der Waals surface area contributed by atoms with E-state index in [-0.39, 0.29) is 5.56 Å². The molecule has 9 heteroatoms. The zero-order valence-electron chi connectivity index (χ0n) is 12.5. The predicted molar refractivity (Wildman–Crippen MR) is 82.5 cm³/mol. The molecular weight excluding hydrogens is 345 g/mol. The molecule has 0 aliphatic rings. The molecule has 0 aromatic heterocycles. The number of nitrogens with one attached hydrogen (secondary N) is 1. The molecule has 0 aliphatic heterocycles. The molecule has 0 heterocycles. The maximum Gasteiger partial charge on any atom is 0.420 e. The van der Waals surface area contributed by atoms with Crippen LogP contribution in [-0.4, -0.2) is 14.6 Å². The highest BCUT2D eigenvalue weighted by Crippen LogP contribution is 2.38. The van der Waals surface area contributed by atoms with Crippen molar-refractivity contribution in [3.8, 4) is 0 Å².